The van der Waals surface area contributed by atoms with Crippen molar-refractivity contribution in [3.63, 3.8) is 0 Å². The van der Waals surface area contributed by atoms with Crippen LogP contribution in [0.15, 0.2) is 28.7 Å². The van der Waals surface area contributed by atoms with E-state index in [4.69, 9.17) is 5.73 Å². The molecule has 1 saturated carbocycles. The van der Waals surface area contributed by atoms with Gasteiger partial charge in [0.2, 0.25) is 5.91 Å². The number of amides is 1. The molecule has 3 N–H and O–H groups in total. The molecule has 0 aromatic heterocycles. The molecule has 0 spiro atoms. The predicted octanol–water partition coefficient (Wildman–Crippen LogP) is 3.15. The molecule has 3 nitrogen and oxygen atoms in total. The minimum atomic E-state index is -0.335. The third kappa shape index (κ3) is 3.74. The number of nitrogens with two attached hydrogens (primary N) is 1. The first-order valence-corrected chi connectivity index (χ1v) is 7.73. The number of carbonyl (C=O) groups excluding carboxylic acids is 1. The number of halogens is 2. The van der Waals surface area contributed by atoms with Crippen molar-refractivity contribution in [1.29, 1.82) is 0 Å². The van der Waals surface area contributed by atoms with Crippen molar-refractivity contribution < 1.29 is 4.79 Å². The molecule has 1 amide bonds. The Hall–Kier alpha value is -0.580. The molecule has 0 aliphatic heterocycles. The Morgan fingerprint density at radius 1 is 1.35 bits per heavy atom. The Labute approximate surface area is 135 Å². The molecule has 1 fully saturated rings. The van der Waals surface area contributed by atoms with Crippen molar-refractivity contribution in [3.05, 3.63) is 34.3 Å². The molecule has 0 heterocycles. The molecule has 0 unspecified atom stereocenters. The molecular weight excluding hydrogens is 340 g/mol. The minimum absolute atomic E-state index is 0. The Balaban J connectivity index is 0.00000200. The molecule has 1 aliphatic rings. The van der Waals surface area contributed by atoms with Gasteiger partial charge in [0.1, 0.15) is 0 Å². The summed E-state index contributed by atoms with van der Waals surface area (Å²) in [6, 6.07) is 8.15. The summed E-state index contributed by atoms with van der Waals surface area (Å²) < 4.78 is 1.03. The molecule has 1 aromatic carbocycles. The van der Waals surface area contributed by atoms with Gasteiger partial charge >= 0.3 is 0 Å². The Kier molecular flexibility index (Phi) is 7.00. The van der Waals surface area contributed by atoms with Gasteiger partial charge in [-0.05, 0) is 43.5 Å². The van der Waals surface area contributed by atoms with Crippen LogP contribution in [-0.4, -0.2) is 19.0 Å². The van der Waals surface area contributed by atoms with Gasteiger partial charge in [-0.2, -0.15) is 0 Å². The van der Waals surface area contributed by atoms with Gasteiger partial charge in [0.25, 0.3) is 0 Å². The van der Waals surface area contributed by atoms with Crippen LogP contribution in [0.4, 0.5) is 0 Å². The zero-order valence-electron chi connectivity index (χ0n) is 11.5. The van der Waals surface area contributed by atoms with Crippen LogP contribution in [0.25, 0.3) is 0 Å². The maximum Gasteiger partial charge on any atom is 0.230 e. The SMILES string of the molecule is Cl.NCCCNC(=O)C1(c2cccc(Br)c2)CCCC1. The summed E-state index contributed by atoms with van der Waals surface area (Å²) in [6.07, 6.45) is 4.96. The minimum Gasteiger partial charge on any atom is -0.355 e. The molecule has 20 heavy (non-hydrogen) atoms. The van der Waals surface area contributed by atoms with Crippen molar-refractivity contribution in [1.82, 2.24) is 5.32 Å². The van der Waals surface area contributed by atoms with Crippen molar-refractivity contribution in [2.75, 3.05) is 13.1 Å². The van der Waals surface area contributed by atoms with Crippen molar-refractivity contribution >= 4 is 34.2 Å². The zero-order chi connectivity index (χ0) is 13.7. The van der Waals surface area contributed by atoms with E-state index >= 15 is 0 Å². The van der Waals surface area contributed by atoms with Crippen LogP contribution in [0, 0.1) is 0 Å². The van der Waals surface area contributed by atoms with Gasteiger partial charge in [0.05, 0.1) is 5.41 Å². The van der Waals surface area contributed by atoms with E-state index in [-0.39, 0.29) is 23.7 Å². The standard InChI is InChI=1S/C15H21BrN2O.ClH/c16-13-6-3-5-12(11-13)15(7-1-2-8-15)14(19)18-10-4-9-17;/h3,5-6,11H,1-2,4,7-10,17H2,(H,18,19);1H. The fraction of sp³-hybridized carbons (Fsp3) is 0.533. The van der Waals surface area contributed by atoms with E-state index in [2.05, 4.69) is 33.4 Å². The lowest BCUT2D eigenvalue weighted by molar-refractivity contribution is -0.126. The summed E-state index contributed by atoms with van der Waals surface area (Å²) in [4.78, 5) is 12.6. The Morgan fingerprint density at radius 2 is 2.05 bits per heavy atom. The maximum atomic E-state index is 12.6. The summed E-state index contributed by atoms with van der Waals surface area (Å²) in [5, 5.41) is 3.05. The normalized spacial score (nSPS) is 16.5. The fourth-order valence-electron chi connectivity index (χ4n) is 2.88. The molecule has 1 aromatic rings. The quantitative estimate of drug-likeness (QED) is 0.792. The number of carbonyl (C=O) groups is 1. The summed E-state index contributed by atoms with van der Waals surface area (Å²) in [7, 11) is 0. The van der Waals surface area contributed by atoms with Crippen LogP contribution in [0.1, 0.15) is 37.7 Å². The largest absolute Gasteiger partial charge is 0.355 e. The van der Waals surface area contributed by atoms with E-state index < -0.39 is 0 Å². The molecule has 0 atom stereocenters. The van der Waals surface area contributed by atoms with E-state index in [9.17, 15) is 4.79 Å². The Morgan fingerprint density at radius 3 is 2.65 bits per heavy atom. The molecule has 2 rings (SSSR count). The second-order valence-corrected chi connectivity index (χ2v) is 6.11. The monoisotopic (exact) mass is 360 g/mol. The molecule has 5 heteroatoms. The van der Waals surface area contributed by atoms with Gasteiger partial charge in [-0.3, -0.25) is 4.79 Å². The lowest BCUT2D eigenvalue weighted by atomic mass is 9.78. The molecule has 112 valence electrons. The van der Waals surface area contributed by atoms with Crippen molar-refractivity contribution in [2.24, 2.45) is 5.73 Å². The summed E-state index contributed by atoms with van der Waals surface area (Å²) in [5.41, 5.74) is 6.27. The van der Waals surface area contributed by atoms with E-state index in [1.54, 1.807) is 0 Å². The maximum absolute atomic E-state index is 12.6. The van der Waals surface area contributed by atoms with Crippen LogP contribution in [0.3, 0.4) is 0 Å². The summed E-state index contributed by atoms with van der Waals surface area (Å²) >= 11 is 3.50. The van der Waals surface area contributed by atoms with Crippen LogP contribution in [-0.2, 0) is 10.2 Å². The third-order valence-corrected chi connectivity index (χ3v) is 4.43. The smallest absolute Gasteiger partial charge is 0.230 e. The van der Waals surface area contributed by atoms with Crippen LogP contribution < -0.4 is 11.1 Å². The molecule has 0 radical (unpaired) electrons. The van der Waals surface area contributed by atoms with Gasteiger partial charge in [0.15, 0.2) is 0 Å². The highest BCUT2D eigenvalue weighted by Gasteiger charge is 2.42. The second-order valence-electron chi connectivity index (χ2n) is 5.20. The fourth-order valence-corrected chi connectivity index (χ4v) is 3.28. The number of nitrogens with one attached hydrogen (secondary N) is 1. The molecule has 1 aliphatic carbocycles. The first kappa shape index (κ1) is 17.5. The highest BCUT2D eigenvalue weighted by Crippen LogP contribution is 2.42. The van der Waals surface area contributed by atoms with Crippen molar-refractivity contribution in [2.45, 2.75) is 37.5 Å². The van der Waals surface area contributed by atoms with Crippen LogP contribution in [0.5, 0.6) is 0 Å². The Bertz CT molecular complexity index is 447. The average Bonchev–Trinajstić information content (AvgIpc) is 2.89. The van der Waals surface area contributed by atoms with E-state index in [0.717, 1.165) is 42.1 Å². The first-order chi connectivity index (χ1) is 9.19. The third-order valence-electron chi connectivity index (χ3n) is 3.94. The lowest BCUT2D eigenvalue weighted by Crippen LogP contribution is -2.43. The van der Waals surface area contributed by atoms with E-state index in [1.165, 1.54) is 0 Å². The van der Waals surface area contributed by atoms with Crippen molar-refractivity contribution in [3.8, 4) is 0 Å². The van der Waals surface area contributed by atoms with Gasteiger partial charge in [0, 0.05) is 11.0 Å². The average molecular weight is 362 g/mol. The second kappa shape index (κ2) is 8.01. The highest BCUT2D eigenvalue weighted by molar-refractivity contribution is 9.10. The van der Waals surface area contributed by atoms with Crippen LogP contribution >= 0.6 is 28.3 Å². The van der Waals surface area contributed by atoms with Gasteiger partial charge in [-0.25, -0.2) is 0 Å². The lowest BCUT2D eigenvalue weighted by Gasteiger charge is -2.28. The van der Waals surface area contributed by atoms with E-state index in [0.29, 0.717) is 13.1 Å². The number of rotatable bonds is 5. The van der Waals surface area contributed by atoms with Gasteiger partial charge in [-0.15, -0.1) is 12.4 Å². The highest BCUT2D eigenvalue weighted by atomic mass is 79.9. The topological polar surface area (TPSA) is 55.1 Å². The van der Waals surface area contributed by atoms with Gasteiger partial charge < -0.3 is 11.1 Å². The zero-order valence-corrected chi connectivity index (χ0v) is 13.9. The number of hydrogen-bond acceptors (Lipinski definition) is 2. The predicted molar refractivity (Wildman–Crippen MR) is 88.2 cm³/mol. The van der Waals surface area contributed by atoms with Gasteiger partial charge in [-0.1, -0.05) is 40.9 Å². The summed E-state index contributed by atoms with van der Waals surface area (Å²) in [5.74, 6) is 0.163. The first-order valence-electron chi connectivity index (χ1n) is 6.93. The molecule has 0 saturated heterocycles. The summed E-state index contributed by atoms with van der Waals surface area (Å²) in [6.45, 7) is 1.29. The van der Waals surface area contributed by atoms with Crippen LogP contribution in [0.2, 0.25) is 0 Å². The number of benzene rings is 1. The molecular formula is C15H22BrClN2O. The van der Waals surface area contributed by atoms with E-state index in [1.807, 2.05) is 12.1 Å². The molecule has 0 bridgehead atoms. The number of hydrogen-bond donors (Lipinski definition) is 2.